The highest BCUT2D eigenvalue weighted by molar-refractivity contribution is 7.89. The predicted octanol–water partition coefficient (Wildman–Crippen LogP) is 2.44. The molecule has 6 nitrogen and oxygen atoms in total. The number of ketones is 1. The van der Waals surface area contributed by atoms with Crippen molar-refractivity contribution < 1.29 is 18.0 Å². The van der Waals surface area contributed by atoms with Crippen LogP contribution in [-0.4, -0.2) is 61.2 Å². The molecule has 27 heavy (non-hydrogen) atoms. The second-order valence-electron chi connectivity index (χ2n) is 8.10. The Kier molecular flexibility index (Phi) is 6.47. The molecular weight excluding hydrogens is 364 g/mol. The summed E-state index contributed by atoms with van der Waals surface area (Å²) in [5.41, 5.74) is 1.48. The number of carbonyl (C=O) groups excluding carboxylic acids is 2. The Hall–Kier alpha value is -1.73. The summed E-state index contributed by atoms with van der Waals surface area (Å²) in [6.07, 6.45) is 1.08. The van der Waals surface area contributed by atoms with Crippen LogP contribution in [0.25, 0.3) is 0 Å². The summed E-state index contributed by atoms with van der Waals surface area (Å²) in [4.78, 5) is 26.6. The number of nitrogens with zero attached hydrogens (tertiary/aromatic N) is 2. The minimum absolute atomic E-state index is 0.0156. The van der Waals surface area contributed by atoms with Gasteiger partial charge in [-0.15, -0.1) is 0 Å². The zero-order valence-corrected chi connectivity index (χ0v) is 17.7. The van der Waals surface area contributed by atoms with E-state index in [9.17, 15) is 18.0 Å². The lowest BCUT2D eigenvalue weighted by Gasteiger charge is -2.35. The summed E-state index contributed by atoms with van der Waals surface area (Å²) in [5, 5.41) is 0. The van der Waals surface area contributed by atoms with Crippen LogP contribution in [0.15, 0.2) is 24.3 Å². The number of carbonyl (C=O) groups is 2. The highest BCUT2D eigenvalue weighted by Gasteiger charge is 2.32. The van der Waals surface area contributed by atoms with E-state index in [2.05, 4.69) is 20.8 Å². The van der Waals surface area contributed by atoms with Gasteiger partial charge in [-0.05, 0) is 30.7 Å². The highest BCUT2D eigenvalue weighted by atomic mass is 32.2. The van der Waals surface area contributed by atoms with Crippen molar-refractivity contribution in [2.24, 2.45) is 0 Å². The first-order chi connectivity index (χ1) is 12.5. The molecule has 0 unspecified atom stereocenters. The van der Waals surface area contributed by atoms with Crippen molar-refractivity contribution in [3.8, 4) is 0 Å². The average Bonchev–Trinajstić information content (AvgIpc) is 2.65. The minimum atomic E-state index is -3.25. The molecule has 0 radical (unpaired) electrons. The number of likely N-dealkylation sites (tertiary alicyclic amines) is 1. The van der Waals surface area contributed by atoms with E-state index in [-0.39, 0.29) is 17.2 Å². The van der Waals surface area contributed by atoms with Gasteiger partial charge in [0.05, 0.1) is 5.75 Å². The second-order valence-corrected chi connectivity index (χ2v) is 10.4. The molecule has 0 saturated carbocycles. The van der Waals surface area contributed by atoms with Gasteiger partial charge in [-0.2, -0.15) is 0 Å². The van der Waals surface area contributed by atoms with Gasteiger partial charge in [0.2, 0.25) is 15.8 Å². The summed E-state index contributed by atoms with van der Waals surface area (Å²) in [7, 11) is -1.66. The largest absolute Gasteiger partial charge is 0.336 e. The number of sulfonamides is 1. The molecule has 1 aromatic rings. The smallest absolute Gasteiger partial charge is 0.294 e. The third-order valence-electron chi connectivity index (χ3n) is 5.28. The molecule has 0 spiro atoms. The monoisotopic (exact) mass is 394 g/mol. The van der Waals surface area contributed by atoms with Crippen LogP contribution in [0.4, 0.5) is 0 Å². The van der Waals surface area contributed by atoms with E-state index in [1.54, 1.807) is 26.1 Å². The average molecular weight is 395 g/mol. The van der Waals surface area contributed by atoms with Crippen LogP contribution in [0.1, 0.15) is 56.5 Å². The molecule has 7 heteroatoms. The lowest BCUT2D eigenvalue weighted by atomic mass is 9.86. The number of hydrogen-bond acceptors (Lipinski definition) is 4. The summed E-state index contributed by atoms with van der Waals surface area (Å²) in [6.45, 7) is 8.67. The Labute approximate surface area is 162 Å². The Bertz CT molecular complexity index is 786. The van der Waals surface area contributed by atoms with Crippen LogP contribution in [0.5, 0.6) is 0 Å². The van der Waals surface area contributed by atoms with E-state index < -0.39 is 21.7 Å². The van der Waals surface area contributed by atoms with Crippen LogP contribution in [0.2, 0.25) is 0 Å². The maximum atomic E-state index is 12.6. The van der Waals surface area contributed by atoms with E-state index in [0.717, 1.165) is 5.56 Å². The Morgan fingerprint density at radius 3 is 2.07 bits per heavy atom. The Morgan fingerprint density at radius 1 is 1.11 bits per heavy atom. The fourth-order valence-electron chi connectivity index (χ4n) is 3.25. The lowest BCUT2D eigenvalue weighted by Crippen LogP contribution is -2.49. The van der Waals surface area contributed by atoms with Gasteiger partial charge < -0.3 is 4.90 Å². The van der Waals surface area contributed by atoms with Crippen molar-refractivity contribution in [2.75, 3.05) is 25.9 Å². The van der Waals surface area contributed by atoms with Gasteiger partial charge in [0.15, 0.2) is 0 Å². The first-order valence-electron chi connectivity index (χ1n) is 9.37. The molecule has 2 rings (SSSR count). The Morgan fingerprint density at radius 2 is 1.63 bits per heavy atom. The first kappa shape index (κ1) is 21.6. The molecule has 0 N–H and O–H groups in total. The van der Waals surface area contributed by atoms with Crippen molar-refractivity contribution in [3.05, 3.63) is 35.4 Å². The number of hydrogen-bond donors (Lipinski definition) is 0. The number of Topliss-reactive ketones (excluding diaryl/α,β-unsaturated/α-hetero) is 1. The number of benzene rings is 1. The molecule has 1 heterocycles. The number of amides is 1. The van der Waals surface area contributed by atoms with Gasteiger partial charge in [0, 0.05) is 31.7 Å². The van der Waals surface area contributed by atoms with Gasteiger partial charge in [0.1, 0.15) is 0 Å². The zero-order chi connectivity index (χ0) is 20.4. The number of piperidine rings is 1. The third-order valence-corrected chi connectivity index (χ3v) is 7.18. The van der Waals surface area contributed by atoms with Gasteiger partial charge in [0.25, 0.3) is 5.91 Å². The fraction of sp³-hybridized carbons (Fsp3) is 0.600. The topological polar surface area (TPSA) is 74.8 Å². The molecule has 1 aromatic carbocycles. The highest BCUT2D eigenvalue weighted by Crippen LogP contribution is 2.23. The van der Waals surface area contributed by atoms with Crippen LogP contribution >= 0.6 is 0 Å². The summed E-state index contributed by atoms with van der Waals surface area (Å²) in [5.74, 6) is -0.965. The lowest BCUT2D eigenvalue weighted by molar-refractivity contribution is -0.127. The molecule has 0 bridgehead atoms. The van der Waals surface area contributed by atoms with E-state index in [0.29, 0.717) is 31.5 Å². The van der Waals surface area contributed by atoms with Crippen LogP contribution in [-0.2, 0) is 20.2 Å². The molecule has 0 aromatic heterocycles. The second kappa shape index (κ2) is 8.10. The third kappa shape index (κ3) is 4.96. The fourth-order valence-corrected chi connectivity index (χ4v) is 4.32. The molecule has 1 saturated heterocycles. The maximum absolute atomic E-state index is 12.6. The number of rotatable bonds is 5. The molecule has 1 amide bonds. The SMILES string of the molecule is CCS(=O)(=O)N(C)C1CCN(C(=O)C(=O)c2ccc(C(C)(C)C)cc2)CC1. The molecule has 1 aliphatic heterocycles. The molecule has 150 valence electrons. The summed E-state index contributed by atoms with van der Waals surface area (Å²) in [6, 6.07) is 7.05. The summed E-state index contributed by atoms with van der Waals surface area (Å²) >= 11 is 0. The van der Waals surface area contributed by atoms with Crippen molar-refractivity contribution in [1.29, 1.82) is 0 Å². The van der Waals surface area contributed by atoms with E-state index in [4.69, 9.17) is 0 Å². The first-order valence-corrected chi connectivity index (χ1v) is 11.0. The minimum Gasteiger partial charge on any atom is -0.336 e. The van der Waals surface area contributed by atoms with Crippen molar-refractivity contribution in [3.63, 3.8) is 0 Å². The van der Waals surface area contributed by atoms with Gasteiger partial charge >= 0.3 is 0 Å². The molecule has 1 aliphatic rings. The van der Waals surface area contributed by atoms with Crippen LogP contribution < -0.4 is 0 Å². The van der Waals surface area contributed by atoms with E-state index in [1.807, 2.05) is 12.1 Å². The molecule has 0 aliphatic carbocycles. The predicted molar refractivity (Wildman–Crippen MR) is 106 cm³/mol. The van der Waals surface area contributed by atoms with Crippen LogP contribution in [0, 0.1) is 0 Å². The maximum Gasteiger partial charge on any atom is 0.294 e. The summed E-state index contributed by atoms with van der Waals surface area (Å²) < 4.78 is 25.4. The van der Waals surface area contributed by atoms with E-state index >= 15 is 0 Å². The normalized spacial score (nSPS) is 16.6. The molecular formula is C20H30N2O4S. The van der Waals surface area contributed by atoms with Crippen molar-refractivity contribution in [2.45, 2.75) is 52.0 Å². The van der Waals surface area contributed by atoms with Gasteiger partial charge in [-0.1, -0.05) is 45.0 Å². The van der Waals surface area contributed by atoms with Crippen molar-refractivity contribution in [1.82, 2.24) is 9.21 Å². The van der Waals surface area contributed by atoms with Crippen molar-refractivity contribution >= 4 is 21.7 Å². The van der Waals surface area contributed by atoms with Gasteiger partial charge in [-0.3, -0.25) is 9.59 Å². The quantitative estimate of drug-likeness (QED) is 0.568. The van der Waals surface area contributed by atoms with Crippen LogP contribution in [0.3, 0.4) is 0 Å². The standard InChI is InChI=1S/C20H30N2O4S/c1-6-27(25,26)21(5)17-11-13-22(14-12-17)19(24)18(23)15-7-9-16(10-8-15)20(2,3)4/h7-10,17H,6,11-14H2,1-5H3. The molecule has 0 atom stereocenters. The Balaban J connectivity index is 2.00. The van der Waals surface area contributed by atoms with E-state index in [1.165, 1.54) is 9.21 Å². The van der Waals surface area contributed by atoms with Gasteiger partial charge in [-0.25, -0.2) is 12.7 Å². The molecule has 1 fully saturated rings. The zero-order valence-electron chi connectivity index (χ0n) is 16.9.